The predicted octanol–water partition coefficient (Wildman–Crippen LogP) is 5.03. The monoisotopic (exact) mass is 581 g/mol. The standard InChI is InChI=1S/C25H25F6NO8/c1-36-12-40-21-17(24(26,27)28)7-4-13(20(21)22(37-2)38-3)10-32(23(35)25(29,30)31)15-5-6-16-14(8-19(33)34)11-39-18(16)9-15/h4-7,9,14,22H,8,10-12H2,1-3H3,(H,33,34)/t14-/m1/s1. The fraction of sp³-hybridized carbons (Fsp3) is 0.440. The summed E-state index contributed by atoms with van der Waals surface area (Å²) in [5.41, 5.74) is -1.76. The van der Waals surface area contributed by atoms with E-state index >= 15 is 0 Å². The first-order chi connectivity index (χ1) is 18.7. The Kier molecular flexibility index (Phi) is 9.53. The van der Waals surface area contributed by atoms with Gasteiger partial charge in [-0.1, -0.05) is 12.1 Å². The Hall–Kier alpha value is -3.56. The third-order valence-corrected chi connectivity index (χ3v) is 6.00. The van der Waals surface area contributed by atoms with Gasteiger partial charge in [0.15, 0.2) is 13.1 Å². The summed E-state index contributed by atoms with van der Waals surface area (Å²) in [5, 5.41) is 9.08. The molecule has 0 fully saturated rings. The molecule has 0 radical (unpaired) electrons. The second-order valence-corrected chi connectivity index (χ2v) is 8.58. The van der Waals surface area contributed by atoms with Gasteiger partial charge in [-0.2, -0.15) is 26.3 Å². The third-order valence-electron chi connectivity index (χ3n) is 6.00. The molecule has 0 aromatic heterocycles. The molecule has 40 heavy (non-hydrogen) atoms. The van der Waals surface area contributed by atoms with Crippen molar-refractivity contribution in [2.45, 2.75) is 37.5 Å². The summed E-state index contributed by atoms with van der Waals surface area (Å²) in [5.74, 6) is -4.71. The van der Waals surface area contributed by atoms with Crippen LogP contribution in [-0.4, -0.2) is 57.9 Å². The van der Waals surface area contributed by atoms with Crippen molar-refractivity contribution in [3.63, 3.8) is 0 Å². The minimum absolute atomic E-state index is 0.0368. The molecule has 0 bridgehead atoms. The molecule has 1 heterocycles. The lowest BCUT2D eigenvalue weighted by Crippen LogP contribution is -2.41. The average molecular weight is 581 g/mol. The van der Waals surface area contributed by atoms with Crippen molar-refractivity contribution in [1.29, 1.82) is 0 Å². The molecular weight excluding hydrogens is 556 g/mol. The van der Waals surface area contributed by atoms with E-state index in [4.69, 9.17) is 28.8 Å². The van der Waals surface area contributed by atoms with Gasteiger partial charge in [0.05, 0.1) is 30.7 Å². The number of carbonyl (C=O) groups excluding carboxylic acids is 1. The summed E-state index contributed by atoms with van der Waals surface area (Å²) in [7, 11) is 3.35. The molecule has 2 aromatic rings. The van der Waals surface area contributed by atoms with E-state index in [1.165, 1.54) is 12.1 Å². The van der Waals surface area contributed by atoms with Gasteiger partial charge in [-0.25, -0.2) is 0 Å². The molecule has 1 aliphatic heterocycles. The number of carbonyl (C=O) groups is 2. The lowest BCUT2D eigenvalue weighted by Gasteiger charge is -2.28. The maximum Gasteiger partial charge on any atom is 0.471 e. The van der Waals surface area contributed by atoms with Gasteiger partial charge in [0.25, 0.3) is 0 Å². The fourth-order valence-electron chi connectivity index (χ4n) is 4.28. The lowest BCUT2D eigenvalue weighted by molar-refractivity contribution is -0.170. The number of fused-ring (bicyclic) bond motifs is 1. The first-order valence-electron chi connectivity index (χ1n) is 11.5. The smallest absolute Gasteiger partial charge is 0.471 e. The number of hydrogen-bond acceptors (Lipinski definition) is 7. The summed E-state index contributed by atoms with van der Waals surface area (Å²) in [6.07, 6.45) is -12.1. The number of hydrogen-bond donors (Lipinski definition) is 1. The van der Waals surface area contributed by atoms with E-state index in [2.05, 4.69) is 0 Å². The summed E-state index contributed by atoms with van der Waals surface area (Å²) in [6, 6.07) is 5.14. The zero-order chi connectivity index (χ0) is 29.8. The van der Waals surface area contributed by atoms with E-state index in [1.54, 1.807) is 0 Å². The molecule has 220 valence electrons. The van der Waals surface area contributed by atoms with Gasteiger partial charge in [0.1, 0.15) is 11.5 Å². The van der Waals surface area contributed by atoms with Gasteiger partial charge in [-0.3, -0.25) is 9.59 Å². The Morgan fingerprint density at radius 2 is 1.75 bits per heavy atom. The van der Waals surface area contributed by atoms with Crippen LogP contribution in [0.25, 0.3) is 0 Å². The molecule has 0 unspecified atom stereocenters. The first kappa shape index (κ1) is 31.0. The van der Waals surface area contributed by atoms with Gasteiger partial charge in [-0.15, -0.1) is 0 Å². The number of aliphatic carboxylic acids is 1. The number of halogens is 6. The van der Waals surface area contributed by atoms with Crippen LogP contribution >= 0.6 is 0 Å². The van der Waals surface area contributed by atoms with Crippen molar-refractivity contribution >= 4 is 17.6 Å². The molecule has 1 aliphatic rings. The topological polar surface area (TPSA) is 104 Å². The number of benzene rings is 2. The number of carboxylic acid groups (broad SMARTS) is 1. The number of amides is 1. The Bertz CT molecular complexity index is 1230. The summed E-state index contributed by atoms with van der Waals surface area (Å²) >= 11 is 0. The van der Waals surface area contributed by atoms with E-state index in [9.17, 15) is 35.9 Å². The number of rotatable bonds is 11. The number of anilines is 1. The van der Waals surface area contributed by atoms with Crippen LogP contribution in [0.3, 0.4) is 0 Å². The van der Waals surface area contributed by atoms with Crippen LogP contribution < -0.4 is 14.4 Å². The maximum atomic E-state index is 13.8. The Balaban J connectivity index is 2.17. The minimum Gasteiger partial charge on any atom is -0.493 e. The van der Waals surface area contributed by atoms with E-state index < -0.39 is 66.7 Å². The van der Waals surface area contributed by atoms with Crippen LogP contribution in [0.2, 0.25) is 0 Å². The normalized spacial score (nSPS) is 15.1. The Morgan fingerprint density at radius 1 is 1.07 bits per heavy atom. The average Bonchev–Trinajstić information content (AvgIpc) is 3.26. The fourth-order valence-corrected chi connectivity index (χ4v) is 4.28. The highest BCUT2D eigenvalue weighted by Crippen LogP contribution is 2.44. The molecule has 0 aliphatic carbocycles. The van der Waals surface area contributed by atoms with E-state index in [1.807, 2.05) is 0 Å². The molecule has 0 saturated carbocycles. The second-order valence-electron chi connectivity index (χ2n) is 8.58. The Morgan fingerprint density at radius 3 is 2.30 bits per heavy atom. The van der Waals surface area contributed by atoms with Crippen molar-refractivity contribution in [2.75, 3.05) is 39.6 Å². The number of nitrogens with zero attached hydrogens (tertiary/aromatic N) is 1. The lowest BCUT2D eigenvalue weighted by atomic mass is 9.97. The summed E-state index contributed by atoms with van der Waals surface area (Å²) in [4.78, 5) is 24.0. The van der Waals surface area contributed by atoms with Crippen LogP contribution in [0, 0.1) is 0 Å². The SMILES string of the molecule is COCOc1c(C(F)(F)F)ccc(CN(C(=O)C(F)(F)F)c2ccc3c(c2)OC[C@H]3CC(=O)O)c1C(OC)OC. The summed E-state index contributed by atoms with van der Waals surface area (Å²) < 4.78 is 108. The van der Waals surface area contributed by atoms with Crippen LogP contribution in [0.4, 0.5) is 32.0 Å². The number of methoxy groups -OCH3 is 3. The molecule has 1 atom stereocenters. The molecule has 0 saturated heterocycles. The highest BCUT2D eigenvalue weighted by molar-refractivity contribution is 5.97. The van der Waals surface area contributed by atoms with E-state index in [0.717, 1.165) is 33.5 Å². The molecule has 15 heteroatoms. The van der Waals surface area contributed by atoms with E-state index in [0.29, 0.717) is 16.5 Å². The van der Waals surface area contributed by atoms with E-state index in [-0.39, 0.29) is 30.0 Å². The van der Waals surface area contributed by atoms with Crippen molar-refractivity contribution in [2.24, 2.45) is 0 Å². The molecular formula is C25H25F6NO8. The zero-order valence-electron chi connectivity index (χ0n) is 21.4. The highest BCUT2D eigenvalue weighted by Gasteiger charge is 2.44. The molecule has 0 spiro atoms. The number of alkyl halides is 6. The third kappa shape index (κ3) is 6.77. The first-order valence-corrected chi connectivity index (χ1v) is 11.5. The number of ether oxygens (including phenoxy) is 5. The quantitative estimate of drug-likeness (QED) is 0.291. The Labute approximate surface area is 224 Å². The maximum absolute atomic E-state index is 13.8. The second kappa shape index (κ2) is 12.3. The van der Waals surface area contributed by atoms with Crippen LogP contribution in [0.15, 0.2) is 30.3 Å². The van der Waals surface area contributed by atoms with Crippen LogP contribution in [-0.2, 0) is 36.5 Å². The highest BCUT2D eigenvalue weighted by atomic mass is 19.4. The zero-order valence-corrected chi connectivity index (χ0v) is 21.4. The molecule has 1 N–H and O–H groups in total. The summed E-state index contributed by atoms with van der Waals surface area (Å²) in [6.45, 7) is -1.56. The number of carboxylic acids is 1. The van der Waals surface area contributed by atoms with Crippen molar-refractivity contribution in [1.82, 2.24) is 0 Å². The predicted molar refractivity (Wildman–Crippen MR) is 125 cm³/mol. The van der Waals surface area contributed by atoms with Crippen molar-refractivity contribution < 1.29 is 64.7 Å². The van der Waals surface area contributed by atoms with Gasteiger partial charge in [0, 0.05) is 44.6 Å². The van der Waals surface area contributed by atoms with Crippen molar-refractivity contribution in [3.05, 3.63) is 52.6 Å². The molecule has 3 rings (SSSR count). The van der Waals surface area contributed by atoms with Crippen LogP contribution in [0.5, 0.6) is 11.5 Å². The van der Waals surface area contributed by atoms with Crippen molar-refractivity contribution in [3.8, 4) is 11.5 Å². The molecule has 1 amide bonds. The minimum atomic E-state index is -5.37. The van der Waals surface area contributed by atoms with Gasteiger partial charge in [0.2, 0.25) is 0 Å². The van der Waals surface area contributed by atoms with Gasteiger partial charge in [-0.05, 0) is 17.7 Å². The molecule has 9 nitrogen and oxygen atoms in total. The van der Waals surface area contributed by atoms with Gasteiger partial charge < -0.3 is 33.7 Å². The van der Waals surface area contributed by atoms with Gasteiger partial charge >= 0.3 is 24.2 Å². The van der Waals surface area contributed by atoms with Crippen LogP contribution in [0.1, 0.15) is 40.9 Å². The molecule has 2 aromatic carbocycles. The largest absolute Gasteiger partial charge is 0.493 e.